The fourth-order valence-corrected chi connectivity index (χ4v) is 1.82. The van der Waals surface area contributed by atoms with E-state index in [1.807, 2.05) is 0 Å². The number of nitrogens with one attached hydrogen (secondary N) is 1. The summed E-state index contributed by atoms with van der Waals surface area (Å²) < 4.78 is 0. The van der Waals surface area contributed by atoms with Gasteiger partial charge in [-0.3, -0.25) is 4.79 Å². The molecule has 13 heavy (non-hydrogen) atoms. The van der Waals surface area contributed by atoms with Crippen molar-refractivity contribution in [2.24, 2.45) is 5.92 Å². The number of rotatable bonds is 3. The maximum atomic E-state index is 11.1. The van der Waals surface area contributed by atoms with E-state index < -0.39 is 0 Å². The van der Waals surface area contributed by atoms with E-state index in [0.717, 1.165) is 6.42 Å². The summed E-state index contributed by atoms with van der Waals surface area (Å²) >= 11 is 2.91. The van der Waals surface area contributed by atoms with Gasteiger partial charge in [0.05, 0.1) is 0 Å². The van der Waals surface area contributed by atoms with Crippen LogP contribution < -0.4 is 5.32 Å². The topological polar surface area (TPSA) is 29.1 Å². The van der Waals surface area contributed by atoms with Gasteiger partial charge in [0, 0.05) is 27.9 Å². The van der Waals surface area contributed by atoms with E-state index in [4.69, 9.17) is 0 Å². The molecule has 0 bridgehead atoms. The summed E-state index contributed by atoms with van der Waals surface area (Å²) in [5, 5.41) is 2.93. The lowest BCUT2D eigenvalue weighted by Gasteiger charge is -2.33. The zero-order valence-corrected chi connectivity index (χ0v) is 9.36. The molecule has 0 aromatic carbocycles. The molecule has 1 atom stereocenters. The van der Waals surface area contributed by atoms with Gasteiger partial charge in [0.1, 0.15) is 0 Å². The Bertz CT molecular complexity index is 237. The highest BCUT2D eigenvalue weighted by Gasteiger charge is 2.26. The number of carbonyl (C=O) groups excluding carboxylic acids is 1. The number of carbonyl (C=O) groups is 1. The Labute approximate surface area is 87.6 Å². The molecule has 72 valence electrons. The van der Waals surface area contributed by atoms with E-state index >= 15 is 0 Å². The molecule has 1 aliphatic rings. The van der Waals surface area contributed by atoms with E-state index in [9.17, 15) is 4.79 Å². The van der Waals surface area contributed by atoms with Crippen molar-refractivity contribution < 1.29 is 4.79 Å². The molecule has 0 aromatic rings. The van der Waals surface area contributed by atoms with Gasteiger partial charge in [-0.25, -0.2) is 0 Å². The molecular formula is C10H14BrNO. The minimum atomic E-state index is -0.171. The highest BCUT2D eigenvalue weighted by molar-refractivity contribution is 9.12. The molecule has 1 unspecified atom stereocenters. The SMILES string of the molecule is CCC(NC(=O)C#CBr)C1CCC1. The van der Waals surface area contributed by atoms with Crippen molar-refractivity contribution in [1.29, 1.82) is 0 Å². The number of halogens is 1. The molecule has 0 radical (unpaired) electrons. The Morgan fingerprint density at radius 3 is 2.77 bits per heavy atom. The average Bonchev–Trinajstić information content (AvgIpc) is 2.00. The van der Waals surface area contributed by atoms with Gasteiger partial charge < -0.3 is 5.32 Å². The monoisotopic (exact) mass is 243 g/mol. The number of amides is 1. The van der Waals surface area contributed by atoms with E-state index in [2.05, 4.69) is 38.9 Å². The average molecular weight is 244 g/mol. The summed E-state index contributed by atoms with van der Waals surface area (Å²) in [5.41, 5.74) is 0. The Morgan fingerprint density at radius 2 is 2.38 bits per heavy atom. The van der Waals surface area contributed by atoms with Crippen LogP contribution in [0.25, 0.3) is 0 Å². The van der Waals surface area contributed by atoms with Gasteiger partial charge >= 0.3 is 0 Å². The summed E-state index contributed by atoms with van der Waals surface area (Å²) in [4.78, 5) is 13.6. The molecule has 3 heteroatoms. The molecule has 0 spiro atoms. The Kier molecular flexibility index (Phi) is 4.31. The molecule has 1 fully saturated rings. The summed E-state index contributed by atoms with van der Waals surface area (Å²) in [6, 6.07) is 0.328. The largest absolute Gasteiger partial charge is 0.342 e. The fraction of sp³-hybridized carbons (Fsp3) is 0.700. The van der Waals surface area contributed by atoms with Crippen molar-refractivity contribution in [2.75, 3.05) is 0 Å². The lowest BCUT2D eigenvalue weighted by atomic mass is 9.79. The van der Waals surface area contributed by atoms with Crippen LogP contribution in [0.5, 0.6) is 0 Å². The minimum Gasteiger partial charge on any atom is -0.342 e. The van der Waals surface area contributed by atoms with Gasteiger partial charge in [-0.05, 0) is 30.0 Å². The third-order valence-electron chi connectivity index (χ3n) is 2.64. The second-order valence-corrected chi connectivity index (χ2v) is 3.80. The molecule has 0 heterocycles. The maximum absolute atomic E-state index is 11.1. The van der Waals surface area contributed by atoms with Crippen molar-refractivity contribution >= 4 is 21.8 Å². The minimum absolute atomic E-state index is 0.171. The summed E-state index contributed by atoms with van der Waals surface area (Å²) in [7, 11) is 0. The predicted octanol–water partition coefficient (Wildman–Crippen LogP) is 2.04. The van der Waals surface area contributed by atoms with Crippen LogP contribution in [0.2, 0.25) is 0 Å². The first-order valence-electron chi connectivity index (χ1n) is 4.70. The molecule has 1 aliphatic carbocycles. The molecule has 1 rings (SSSR count). The fourth-order valence-electron chi connectivity index (χ4n) is 1.64. The highest BCUT2D eigenvalue weighted by atomic mass is 79.9. The molecule has 1 N–H and O–H groups in total. The van der Waals surface area contributed by atoms with Crippen molar-refractivity contribution in [3.05, 3.63) is 0 Å². The molecule has 1 amide bonds. The smallest absolute Gasteiger partial charge is 0.296 e. The number of hydrogen-bond donors (Lipinski definition) is 1. The van der Waals surface area contributed by atoms with Gasteiger partial charge in [-0.15, -0.1) is 0 Å². The maximum Gasteiger partial charge on any atom is 0.296 e. The van der Waals surface area contributed by atoms with E-state index in [1.165, 1.54) is 19.3 Å². The van der Waals surface area contributed by atoms with E-state index in [1.54, 1.807) is 0 Å². The van der Waals surface area contributed by atoms with Crippen LogP contribution in [0, 0.1) is 16.7 Å². The van der Waals surface area contributed by atoms with E-state index in [-0.39, 0.29) is 5.91 Å². The second-order valence-electron chi connectivity index (χ2n) is 3.40. The van der Waals surface area contributed by atoms with Crippen molar-refractivity contribution in [2.45, 2.75) is 38.6 Å². The van der Waals surface area contributed by atoms with Crippen LogP contribution in [0.4, 0.5) is 0 Å². The van der Waals surface area contributed by atoms with Crippen molar-refractivity contribution in [3.63, 3.8) is 0 Å². The molecular weight excluding hydrogens is 230 g/mol. The lowest BCUT2D eigenvalue weighted by Crippen LogP contribution is -2.41. The lowest BCUT2D eigenvalue weighted by molar-refractivity contribution is -0.117. The van der Waals surface area contributed by atoms with Crippen LogP contribution in [-0.4, -0.2) is 11.9 Å². The van der Waals surface area contributed by atoms with Gasteiger partial charge in [0.25, 0.3) is 5.91 Å². The molecule has 0 aliphatic heterocycles. The summed E-state index contributed by atoms with van der Waals surface area (Å²) in [6.45, 7) is 2.10. The van der Waals surface area contributed by atoms with Crippen molar-refractivity contribution in [3.8, 4) is 10.8 Å². The Morgan fingerprint density at radius 1 is 1.69 bits per heavy atom. The van der Waals surface area contributed by atoms with Gasteiger partial charge in [-0.2, -0.15) is 0 Å². The first-order valence-corrected chi connectivity index (χ1v) is 5.49. The second kappa shape index (κ2) is 5.29. The van der Waals surface area contributed by atoms with Crippen LogP contribution in [0.3, 0.4) is 0 Å². The third kappa shape index (κ3) is 3.04. The van der Waals surface area contributed by atoms with Crippen LogP contribution in [0.1, 0.15) is 32.6 Å². The standard InChI is InChI=1S/C10H14BrNO/c1-2-9(8-4-3-5-8)12-10(13)6-7-11/h8-9H,2-5H2,1H3,(H,12,13). The first-order chi connectivity index (χ1) is 6.27. The normalized spacial score (nSPS) is 18.0. The van der Waals surface area contributed by atoms with Gasteiger partial charge in [-0.1, -0.05) is 13.3 Å². The highest BCUT2D eigenvalue weighted by Crippen LogP contribution is 2.30. The molecule has 2 nitrogen and oxygen atoms in total. The Hall–Kier alpha value is -0.490. The van der Waals surface area contributed by atoms with Crippen molar-refractivity contribution in [1.82, 2.24) is 5.32 Å². The summed E-state index contributed by atoms with van der Waals surface area (Å²) in [5.74, 6) is 2.95. The van der Waals surface area contributed by atoms with E-state index in [0.29, 0.717) is 12.0 Å². The van der Waals surface area contributed by atoms with Crippen LogP contribution in [0.15, 0.2) is 0 Å². The quantitative estimate of drug-likeness (QED) is 0.756. The zero-order valence-electron chi connectivity index (χ0n) is 7.77. The van der Waals surface area contributed by atoms with Gasteiger partial charge in [0.15, 0.2) is 0 Å². The van der Waals surface area contributed by atoms with Gasteiger partial charge in [0.2, 0.25) is 0 Å². The molecule has 0 saturated heterocycles. The van der Waals surface area contributed by atoms with Crippen LogP contribution >= 0.6 is 15.9 Å². The molecule has 1 saturated carbocycles. The first kappa shape index (κ1) is 10.6. The third-order valence-corrected chi connectivity index (χ3v) is 2.83. The van der Waals surface area contributed by atoms with Crippen LogP contribution in [-0.2, 0) is 4.79 Å². The molecule has 0 aromatic heterocycles. The predicted molar refractivity (Wildman–Crippen MR) is 56.3 cm³/mol. The number of hydrogen-bond acceptors (Lipinski definition) is 1. The zero-order chi connectivity index (χ0) is 9.68. The summed E-state index contributed by atoms with van der Waals surface area (Å²) in [6.07, 6.45) is 4.81. The Balaban J connectivity index is 2.37.